The lowest BCUT2D eigenvalue weighted by atomic mass is 10.1. The van der Waals surface area contributed by atoms with Crippen LogP contribution in [-0.2, 0) is 0 Å². The Morgan fingerprint density at radius 1 is 1.16 bits per heavy atom. The van der Waals surface area contributed by atoms with E-state index in [-0.39, 0.29) is 12.5 Å². The maximum atomic E-state index is 12.5. The van der Waals surface area contributed by atoms with Crippen molar-refractivity contribution in [1.29, 1.82) is 0 Å². The van der Waals surface area contributed by atoms with Gasteiger partial charge in [0.15, 0.2) is 0 Å². The summed E-state index contributed by atoms with van der Waals surface area (Å²) in [6.45, 7) is 2.93. The Balaban J connectivity index is 1.56. The summed E-state index contributed by atoms with van der Waals surface area (Å²) in [4.78, 5) is 14.8. The molecule has 25 heavy (non-hydrogen) atoms. The summed E-state index contributed by atoms with van der Waals surface area (Å²) in [5.74, 6) is -0.194. The predicted molar refractivity (Wildman–Crippen MR) is 96.8 cm³/mol. The van der Waals surface area contributed by atoms with E-state index in [1.165, 1.54) is 25.7 Å². The van der Waals surface area contributed by atoms with Gasteiger partial charge in [0, 0.05) is 25.5 Å². The van der Waals surface area contributed by atoms with E-state index < -0.39 is 6.10 Å². The van der Waals surface area contributed by atoms with Gasteiger partial charge in [0.1, 0.15) is 0 Å². The Morgan fingerprint density at radius 3 is 2.64 bits per heavy atom. The zero-order valence-corrected chi connectivity index (χ0v) is 14.5. The van der Waals surface area contributed by atoms with Gasteiger partial charge in [-0.25, -0.2) is 4.68 Å². The van der Waals surface area contributed by atoms with E-state index in [0.29, 0.717) is 12.1 Å². The molecule has 1 atom stereocenters. The molecule has 1 amide bonds. The molecule has 1 aromatic heterocycles. The average molecular weight is 342 g/mol. The van der Waals surface area contributed by atoms with Gasteiger partial charge in [-0.05, 0) is 44.1 Å². The highest BCUT2D eigenvalue weighted by atomic mass is 16.3. The SMILES string of the molecule is O=C(NC[C@@H](O)CN1CCCCCC1)c1ccccc1-n1cccn1. The first-order valence-corrected chi connectivity index (χ1v) is 9.02. The lowest BCUT2D eigenvalue weighted by Gasteiger charge is -2.23. The number of nitrogens with one attached hydrogen (secondary N) is 1. The molecule has 1 fully saturated rings. The highest BCUT2D eigenvalue weighted by Crippen LogP contribution is 2.13. The standard InChI is InChI=1S/C19H26N4O2/c24-16(15-22-11-5-1-2-6-12-22)14-20-19(25)17-8-3-4-9-18(17)23-13-7-10-21-23/h3-4,7-10,13,16,24H,1-2,5-6,11-12,14-15H2,(H,20,25)/t16-/m1/s1. The molecule has 6 heteroatoms. The van der Waals surface area contributed by atoms with Gasteiger partial charge in [0.25, 0.3) is 5.91 Å². The number of amides is 1. The summed E-state index contributed by atoms with van der Waals surface area (Å²) >= 11 is 0. The van der Waals surface area contributed by atoms with Crippen LogP contribution < -0.4 is 5.32 Å². The number of β-amino-alcohol motifs (C(OH)–C–C–N with tert-alkyl or cyclic N) is 1. The van der Waals surface area contributed by atoms with Gasteiger partial charge in [-0.3, -0.25) is 4.79 Å². The minimum atomic E-state index is -0.557. The van der Waals surface area contributed by atoms with Crippen LogP contribution in [0.3, 0.4) is 0 Å². The van der Waals surface area contributed by atoms with Gasteiger partial charge in [-0.15, -0.1) is 0 Å². The molecule has 2 aromatic rings. The van der Waals surface area contributed by atoms with Crippen molar-refractivity contribution in [2.75, 3.05) is 26.2 Å². The number of aliphatic hydroxyl groups excluding tert-OH is 1. The smallest absolute Gasteiger partial charge is 0.253 e. The number of carbonyl (C=O) groups is 1. The molecule has 2 N–H and O–H groups in total. The summed E-state index contributed by atoms with van der Waals surface area (Å²) < 4.78 is 1.67. The molecule has 2 heterocycles. The molecular formula is C19H26N4O2. The maximum absolute atomic E-state index is 12.5. The number of carbonyl (C=O) groups excluding carboxylic acids is 1. The molecule has 6 nitrogen and oxygen atoms in total. The molecule has 1 saturated heterocycles. The molecule has 3 rings (SSSR count). The third kappa shape index (κ3) is 4.90. The van der Waals surface area contributed by atoms with E-state index >= 15 is 0 Å². The van der Waals surface area contributed by atoms with Crippen molar-refractivity contribution in [2.24, 2.45) is 0 Å². The van der Waals surface area contributed by atoms with Gasteiger partial charge in [-0.2, -0.15) is 5.10 Å². The highest BCUT2D eigenvalue weighted by molar-refractivity contribution is 5.97. The van der Waals surface area contributed by atoms with Gasteiger partial charge < -0.3 is 15.3 Å². The van der Waals surface area contributed by atoms with Gasteiger partial charge in [0.2, 0.25) is 0 Å². The molecular weight excluding hydrogens is 316 g/mol. The number of para-hydroxylation sites is 1. The third-order valence-electron chi connectivity index (χ3n) is 4.57. The lowest BCUT2D eigenvalue weighted by Crippen LogP contribution is -2.40. The van der Waals surface area contributed by atoms with Gasteiger partial charge >= 0.3 is 0 Å². The Morgan fingerprint density at radius 2 is 1.92 bits per heavy atom. The van der Waals surface area contributed by atoms with E-state index in [4.69, 9.17) is 0 Å². The van der Waals surface area contributed by atoms with Crippen LogP contribution in [0.4, 0.5) is 0 Å². The Bertz CT molecular complexity index is 664. The minimum Gasteiger partial charge on any atom is -0.390 e. The fraction of sp³-hybridized carbons (Fsp3) is 0.474. The molecule has 1 aliphatic rings. The van der Waals surface area contributed by atoms with Crippen LogP contribution in [-0.4, -0.2) is 58.0 Å². The predicted octanol–water partition coefficient (Wildman–Crippen LogP) is 1.84. The van der Waals surface area contributed by atoms with E-state index in [1.54, 1.807) is 23.1 Å². The van der Waals surface area contributed by atoms with E-state index in [9.17, 15) is 9.90 Å². The van der Waals surface area contributed by atoms with Gasteiger partial charge in [-0.1, -0.05) is 25.0 Å². The number of nitrogens with zero attached hydrogens (tertiary/aromatic N) is 3. The van der Waals surface area contributed by atoms with Crippen molar-refractivity contribution in [1.82, 2.24) is 20.0 Å². The molecule has 0 unspecified atom stereocenters. The number of likely N-dealkylation sites (tertiary alicyclic amines) is 1. The molecule has 0 bridgehead atoms. The van der Waals surface area contributed by atoms with Crippen molar-refractivity contribution in [2.45, 2.75) is 31.8 Å². The van der Waals surface area contributed by atoms with Gasteiger partial charge in [0.05, 0.1) is 17.4 Å². The summed E-state index contributed by atoms with van der Waals surface area (Å²) in [7, 11) is 0. The number of hydrogen-bond acceptors (Lipinski definition) is 4. The largest absolute Gasteiger partial charge is 0.390 e. The molecule has 1 aromatic carbocycles. The summed E-state index contributed by atoms with van der Waals surface area (Å²) in [6, 6.07) is 9.15. The summed E-state index contributed by atoms with van der Waals surface area (Å²) in [5, 5.41) is 17.3. The molecule has 1 aliphatic heterocycles. The Labute approximate surface area is 148 Å². The summed E-state index contributed by atoms with van der Waals surface area (Å²) in [6.07, 6.45) is 7.85. The number of hydrogen-bond donors (Lipinski definition) is 2. The van der Waals surface area contributed by atoms with Crippen molar-refractivity contribution < 1.29 is 9.90 Å². The second kappa shape index (κ2) is 8.78. The van der Waals surface area contributed by atoms with Crippen molar-refractivity contribution in [3.05, 3.63) is 48.3 Å². The van der Waals surface area contributed by atoms with Crippen LogP contribution in [0.2, 0.25) is 0 Å². The first-order chi connectivity index (χ1) is 12.2. The average Bonchev–Trinajstić information content (AvgIpc) is 3.05. The van der Waals surface area contributed by atoms with Crippen LogP contribution >= 0.6 is 0 Å². The quantitative estimate of drug-likeness (QED) is 0.840. The zero-order chi connectivity index (χ0) is 17.5. The Hall–Kier alpha value is -2.18. The van der Waals surface area contributed by atoms with E-state index in [0.717, 1.165) is 18.8 Å². The monoisotopic (exact) mass is 342 g/mol. The second-order valence-electron chi connectivity index (χ2n) is 6.55. The molecule has 0 saturated carbocycles. The summed E-state index contributed by atoms with van der Waals surface area (Å²) in [5.41, 5.74) is 1.28. The number of aliphatic hydroxyl groups is 1. The van der Waals surface area contributed by atoms with E-state index in [1.807, 2.05) is 24.3 Å². The van der Waals surface area contributed by atoms with Crippen molar-refractivity contribution in [3.8, 4) is 5.69 Å². The first-order valence-electron chi connectivity index (χ1n) is 9.02. The fourth-order valence-corrected chi connectivity index (χ4v) is 3.26. The first kappa shape index (κ1) is 17.6. The third-order valence-corrected chi connectivity index (χ3v) is 4.57. The zero-order valence-electron chi connectivity index (χ0n) is 14.5. The van der Waals surface area contributed by atoms with Crippen LogP contribution in [0.25, 0.3) is 5.69 Å². The molecule has 0 spiro atoms. The second-order valence-corrected chi connectivity index (χ2v) is 6.55. The normalized spacial score (nSPS) is 17.0. The highest BCUT2D eigenvalue weighted by Gasteiger charge is 2.16. The number of rotatable bonds is 6. The topological polar surface area (TPSA) is 70.4 Å². The van der Waals surface area contributed by atoms with Crippen molar-refractivity contribution in [3.63, 3.8) is 0 Å². The fourth-order valence-electron chi connectivity index (χ4n) is 3.26. The van der Waals surface area contributed by atoms with Crippen LogP contribution in [0.1, 0.15) is 36.0 Å². The molecule has 0 aliphatic carbocycles. The number of benzene rings is 1. The lowest BCUT2D eigenvalue weighted by molar-refractivity contribution is 0.0862. The van der Waals surface area contributed by atoms with Crippen LogP contribution in [0.15, 0.2) is 42.7 Å². The molecule has 0 radical (unpaired) electrons. The van der Waals surface area contributed by atoms with E-state index in [2.05, 4.69) is 15.3 Å². The van der Waals surface area contributed by atoms with Crippen LogP contribution in [0.5, 0.6) is 0 Å². The minimum absolute atomic E-state index is 0.194. The van der Waals surface area contributed by atoms with Crippen molar-refractivity contribution >= 4 is 5.91 Å². The maximum Gasteiger partial charge on any atom is 0.253 e. The Kier molecular flexibility index (Phi) is 6.19. The van der Waals surface area contributed by atoms with Crippen LogP contribution in [0, 0.1) is 0 Å². The molecule has 134 valence electrons. The number of aromatic nitrogens is 2.